The fraction of sp³-hybridized carbons (Fsp3) is 0.467. The molecule has 0 amide bonds. The highest BCUT2D eigenvalue weighted by Gasteiger charge is 2.19. The summed E-state index contributed by atoms with van der Waals surface area (Å²) in [6.07, 6.45) is 1.95. The number of hydrogen-bond acceptors (Lipinski definition) is 3. The van der Waals surface area contributed by atoms with Gasteiger partial charge >= 0.3 is 0 Å². The van der Waals surface area contributed by atoms with Gasteiger partial charge in [0.2, 0.25) is 0 Å². The second-order valence-corrected chi connectivity index (χ2v) is 4.54. The number of para-hydroxylation sites is 1. The molecule has 1 aromatic carbocycles. The molecule has 1 aromatic heterocycles. The maximum atomic E-state index is 4.40. The van der Waals surface area contributed by atoms with Gasteiger partial charge in [-0.15, -0.1) is 5.10 Å². The van der Waals surface area contributed by atoms with E-state index in [1.165, 1.54) is 5.69 Å². The van der Waals surface area contributed by atoms with Crippen molar-refractivity contribution < 1.29 is 0 Å². The number of rotatable bonds is 6. The molecule has 2 aromatic rings. The van der Waals surface area contributed by atoms with Crippen LogP contribution in [0.3, 0.4) is 0 Å². The van der Waals surface area contributed by atoms with Crippen molar-refractivity contribution in [3.05, 3.63) is 41.7 Å². The first-order chi connectivity index (χ1) is 9.31. The lowest BCUT2D eigenvalue weighted by atomic mass is 10.1. The molecule has 1 N–H and O–H groups in total. The van der Waals surface area contributed by atoms with Crippen LogP contribution < -0.4 is 5.32 Å². The summed E-state index contributed by atoms with van der Waals surface area (Å²) in [6, 6.07) is 10.5. The van der Waals surface area contributed by atoms with Gasteiger partial charge in [-0.3, -0.25) is 0 Å². The van der Waals surface area contributed by atoms with E-state index < -0.39 is 0 Å². The highest BCUT2D eigenvalue weighted by molar-refractivity contribution is 5.33. The largest absolute Gasteiger partial charge is 0.309 e. The number of nitrogens with one attached hydrogen (secondary N) is 1. The maximum Gasteiger partial charge on any atom is 0.103 e. The first-order valence-electron chi connectivity index (χ1n) is 7.05. The molecule has 19 heavy (non-hydrogen) atoms. The van der Waals surface area contributed by atoms with Gasteiger partial charge in [-0.25, -0.2) is 4.68 Å². The Bertz CT molecular complexity index is 504. The Kier molecular flexibility index (Phi) is 4.68. The molecule has 0 bridgehead atoms. The zero-order valence-corrected chi connectivity index (χ0v) is 11.9. The van der Waals surface area contributed by atoms with Crippen molar-refractivity contribution in [3.63, 3.8) is 0 Å². The molecular formula is C15H22N4. The van der Waals surface area contributed by atoms with Crippen LogP contribution in [0, 0.1) is 0 Å². The van der Waals surface area contributed by atoms with Crippen LogP contribution in [0.25, 0.3) is 5.69 Å². The lowest BCUT2D eigenvalue weighted by molar-refractivity contribution is 0.520. The fourth-order valence-corrected chi connectivity index (χ4v) is 2.37. The summed E-state index contributed by atoms with van der Waals surface area (Å²) in [5, 5.41) is 12.2. The molecule has 1 atom stereocenters. The van der Waals surface area contributed by atoms with Crippen LogP contribution in [0.2, 0.25) is 0 Å². The molecule has 0 saturated carbocycles. The normalized spacial score (nSPS) is 12.6. The Morgan fingerprint density at radius 2 is 1.89 bits per heavy atom. The van der Waals surface area contributed by atoms with Crippen LogP contribution in [-0.2, 0) is 6.42 Å². The third kappa shape index (κ3) is 2.84. The van der Waals surface area contributed by atoms with Crippen LogP contribution in [0.1, 0.15) is 44.6 Å². The van der Waals surface area contributed by atoms with Crippen molar-refractivity contribution in [1.29, 1.82) is 0 Å². The maximum absolute atomic E-state index is 4.40. The van der Waals surface area contributed by atoms with Crippen LogP contribution in [0.15, 0.2) is 30.3 Å². The van der Waals surface area contributed by atoms with E-state index in [2.05, 4.69) is 48.5 Å². The summed E-state index contributed by atoms with van der Waals surface area (Å²) in [5.74, 6) is 0. The second kappa shape index (κ2) is 6.48. The van der Waals surface area contributed by atoms with Gasteiger partial charge in [-0.05, 0) is 31.5 Å². The molecule has 0 aliphatic rings. The molecule has 1 unspecified atom stereocenters. The van der Waals surface area contributed by atoms with Crippen molar-refractivity contribution >= 4 is 0 Å². The van der Waals surface area contributed by atoms with Gasteiger partial charge in [0, 0.05) is 0 Å². The lowest BCUT2D eigenvalue weighted by Gasteiger charge is -2.15. The van der Waals surface area contributed by atoms with Crippen LogP contribution in [0.4, 0.5) is 0 Å². The molecule has 2 rings (SSSR count). The molecule has 0 saturated heterocycles. The summed E-state index contributed by atoms with van der Waals surface area (Å²) in [6.45, 7) is 7.39. The molecule has 0 spiro atoms. The third-order valence-electron chi connectivity index (χ3n) is 3.32. The van der Waals surface area contributed by atoms with Crippen molar-refractivity contribution in [1.82, 2.24) is 20.3 Å². The first kappa shape index (κ1) is 13.7. The zero-order chi connectivity index (χ0) is 13.7. The zero-order valence-electron chi connectivity index (χ0n) is 11.9. The van der Waals surface area contributed by atoms with Crippen LogP contribution in [-0.4, -0.2) is 21.5 Å². The molecular weight excluding hydrogens is 236 g/mol. The highest BCUT2D eigenvalue weighted by Crippen LogP contribution is 2.21. The smallest absolute Gasteiger partial charge is 0.103 e. The van der Waals surface area contributed by atoms with Crippen LogP contribution >= 0.6 is 0 Å². The summed E-state index contributed by atoms with van der Waals surface area (Å²) in [4.78, 5) is 0. The molecule has 1 heterocycles. The van der Waals surface area contributed by atoms with Gasteiger partial charge in [-0.1, -0.05) is 44.2 Å². The average Bonchev–Trinajstić information content (AvgIpc) is 2.89. The standard InChI is InChI=1S/C15H22N4/c1-4-13(16-6-3)15-14(5-2)19(18-17-15)12-10-8-7-9-11-12/h7-11,13,16H,4-6H2,1-3H3. The van der Waals surface area contributed by atoms with E-state index in [9.17, 15) is 0 Å². The van der Waals surface area contributed by atoms with Crippen molar-refractivity contribution in [2.75, 3.05) is 6.54 Å². The van der Waals surface area contributed by atoms with Gasteiger partial charge in [0.05, 0.1) is 17.4 Å². The quantitative estimate of drug-likeness (QED) is 0.866. The predicted molar refractivity (Wildman–Crippen MR) is 77.4 cm³/mol. The predicted octanol–water partition coefficient (Wildman–Crippen LogP) is 2.89. The third-order valence-corrected chi connectivity index (χ3v) is 3.32. The van der Waals surface area contributed by atoms with Gasteiger partial charge in [-0.2, -0.15) is 0 Å². The van der Waals surface area contributed by atoms with Gasteiger partial charge < -0.3 is 5.32 Å². The number of nitrogens with zero attached hydrogens (tertiary/aromatic N) is 3. The lowest BCUT2D eigenvalue weighted by Crippen LogP contribution is -2.21. The van der Waals surface area contributed by atoms with E-state index in [1.807, 2.05) is 22.9 Å². The van der Waals surface area contributed by atoms with E-state index in [0.29, 0.717) is 0 Å². The SMILES string of the molecule is CCNC(CC)c1nnn(-c2ccccc2)c1CC. The summed E-state index contributed by atoms with van der Waals surface area (Å²) in [7, 11) is 0. The minimum absolute atomic E-state index is 0.289. The Labute approximate surface area is 114 Å². The molecule has 0 aliphatic carbocycles. The minimum atomic E-state index is 0.289. The van der Waals surface area contributed by atoms with E-state index >= 15 is 0 Å². The molecule has 0 fully saturated rings. The molecule has 4 heteroatoms. The van der Waals surface area contributed by atoms with Crippen molar-refractivity contribution in [3.8, 4) is 5.69 Å². The topological polar surface area (TPSA) is 42.7 Å². The molecule has 0 radical (unpaired) electrons. The van der Waals surface area contributed by atoms with Gasteiger partial charge in [0.25, 0.3) is 0 Å². The number of hydrogen-bond donors (Lipinski definition) is 1. The number of aromatic nitrogens is 3. The number of benzene rings is 1. The van der Waals surface area contributed by atoms with E-state index in [1.54, 1.807) is 0 Å². The Morgan fingerprint density at radius 1 is 1.16 bits per heavy atom. The Hall–Kier alpha value is -1.68. The van der Waals surface area contributed by atoms with E-state index in [4.69, 9.17) is 0 Å². The summed E-state index contributed by atoms with van der Waals surface area (Å²) in [5.41, 5.74) is 3.35. The van der Waals surface area contributed by atoms with Crippen LogP contribution in [0.5, 0.6) is 0 Å². The van der Waals surface area contributed by atoms with Crippen molar-refractivity contribution in [2.45, 2.75) is 39.7 Å². The summed E-state index contributed by atoms with van der Waals surface area (Å²) < 4.78 is 1.95. The minimum Gasteiger partial charge on any atom is -0.309 e. The monoisotopic (exact) mass is 258 g/mol. The highest BCUT2D eigenvalue weighted by atomic mass is 15.4. The first-order valence-corrected chi connectivity index (χ1v) is 7.05. The fourth-order valence-electron chi connectivity index (χ4n) is 2.37. The molecule has 102 valence electrons. The molecule has 0 aliphatic heterocycles. The van der Waals surface area contributed by atoms with Gasteiger partial charge in [0.1, 0.15) is 5.69 Å². The average molecular weight is 258 g/mol. The van der Waals surface area contributed by atoms with E-state index in [0.717, 1.165) is 30.8 Å². The van der Waals surface area contributed by atoms with Crippen molar-refractivity contribution in [2.24, 2.45) is 0 Å². The van der Waals surface area contributed by atoms with E-state index in [-0.39, 0.29) is 6.04 Å². The van der Waals surface area contributed by atoms with Gasteiger partial charge in [0.15, 0.2) is 0 Å². The second-order valence-electron chi connectivity index (χ2n) is 4.54. The Morgan fingerprint density at radius 3 is 2.47 bits per heavy atom. The molecule has 4 nitrogen and oxygen atoms in total. The summed E-state index contributed by atoms with van der Waals surface area (Å²) >= 11 is 0. The Balaban J connectivity index is 2.40.